The fourth-order valence-electron chi connectivity index (χ4n) is 2.37. The molecule has 1 heterocycles. The maximum absolute atomic E-state index is 11.9. The number of thiophene rings is 1. The topological polar surface area (TPSA) is 109 Å². The monoisotopic (exact) mass is 387 g/mol. The Kier molecular flexibility index (Phi) is 7.81. The predicted molar refractivity (Wildman–Crippen MR) is 109 cm³/mol. The highest BCUT2D eigenvalue weighted by Crippen LogP contribution is 2.19. The van der Waals surface area contributed by atoms with E-state index in [9.17, 15) is 9.59 Å². The van der Waals surface area contributed by atoms with Gasteiger partial charge >= 0.3 is 0 Å². The number of rotatable bonds is 8. The van der Waals surface area contributed by atoms with Gasteiger partial charge in [0, 0.05) is 36.5 Å². The van der Waals surface area contributed by atoms with Crippen molar-refractivity contribution < 1.29 is 9.59 Å². The van der Waals surface area contributed by atoms with Crippen LogP contribution in [0, 0.1) is 0 Å². The van der Waals surface area contributed by atoms with Crippen molar-refractivity contribution >= 4 is 29.1 Å². The highest BCUT2D eigenvalue weighted by molar-refractivity contribution is 7.10. The lowest BCUT2D eigenvalue weighted by molar-refractivity contribution is -0.117. The molecule has 2 rings (SSSR count). The van der Waals surface area contributed by atoms with E-state index >= 15 is 0 Å². The summed E-state index contributed by atoms with van der Waals surface area (Å²) in [5, 5.41) is 11.1. The fourth-order valence-corrected chi connectivity index (χ4v) is 3.16. The molecule has 0 fully saturated rings. The molecule has 2 aromatic rings. The number of nitrogens with one attached hydrogen (secondary N) is 3. The van der Waals surface area contributed by atoms with Crippen molar-refractivity contribution in [2.24, 2.45) is 10.7 Å². The standard InChI is InChI=1S/C19H25N5O2S/c1-13(16-4-3-9-27-16)10-23-19(21-2)24-11-14-5-7-15(8-6-14)18(26)22-12-17(20)25/h3-9,13H,10-12H2,1-2H3,(H2,20,25)(H,22,26)(H2,21,23,24). The van der Waals surface area contributed by atoms with E-state index in [1.807, 2.05) is 12.1 Å². The number of amides is 2. The molecule has 0 radical (unpaired) electrons. The van der Waals surface area contributed by atoms with Crippen LogP contribution in [-0.2, 0) is 11.3 Å². The van der Waals surface area contributed by atoms with Gasteiger partial charge < -0.3 is 21.7 Å². The molecule has 27 heavy (non-hydrogen) atoms. The van der Waals surface area contributed by atoms with E-state index in [1.165, 1.54) is 4.88 Å². The molecule has 1 aromatic carbocycles. The maximum Gasteiger partial charge on any atom is 0.251 e. The van der Waals surface area contributed by atoms with Crippen LogP contribution in [0.2, 0.25) is 0 Å². The summed E-state index contributed by atoms with van der Waals surface area (Å²) in [6.07, 6.45) is 0. The fraction of sp³-hybridized carbons (Fsp3) is 0.316. The highest BCUT2D eigenvalue weighted by Gasteiger charge is 2.08. The molecule has 0 aliphatic heterocycles. The first-order chi connectivity index (χ1) is 13.0. The quantitative estimate of drug-likeness (QED) is 0.406. The predicted octanol–water partition coefficient (Wildman–Crippen LogP) is 1.43. The second-order valence-corrected chi connectivity index (χ2v) is 7.05. The first kappa shape index (κ1) is 20.4. The van der Waals surface area contributed by atoms with Gasteiger partial charge in [-0.2, -0.15) is 0 Å². The van der Waals surface area contributed by atoms with E-state index in [-0.39, 0.29) is 12.5 Å². The Morgan fingerprint density at radius 2 is 1.89 bits per heavy atom. The van der Waals surface area contributed by atoms with Crippen LogP contribution in [-0.4, -0.2) is 37.9 Å². The summed E-state index contributed by atoms with van der Waals surface area (Å²) in [5.41, 5.74) is 6.51. The number of hydrogen-bond acceptors (Lipinski definition) is 4. The highest BCUT2D eigenvalue weighted by atomic mass is 32.1. The van der Waals surface area contributed by atoms with Gasteiger partial charge in [-0.3, -0.25) is 14.6 Å². The number of carbonyl (C=O) groups is 2. The number of primary amides is 1. The first-order valence-electron chi connectivity index (χ1n) is 8.63. The molecule has 8 heteroatoms. The Morgan fingerprint density at radius 3 is 2.48 bits per heavy atom. The number of aliphatic imine (C=N–C) groups is 1. The van der Waals surface area contributed by atoms with Crippen molar-refractivity contribution in [3.8, 4) is 0 Å². The van der Waals surface area contributed by atoms with Crippen molar-refractivity contribution in [1.29, 1.82) is 0 Å². The van der Waals surface area contributed by atoms with Gasteiger partial charge in [0.1, 0.15) is 0 Å². The van der Waals surface area contributed by atoms with Gasteiger partial charge in [0.15, 0.2) is 5.96 Å². The number of guanidine groups is 1. The van der Waals surface area contributed by atoms with Gasteiger partial charge in [-0.15, -0.1) is 11.3 Å². The molecule has 1 aromatic heterocycles. The van der Waals surface area contributed by atoms with Crippen LogP contribution in [0.4, 0.5) is 0 Å². The van der Waals surface area contributed by atoms with Crippen LogP contribution in [0.3, 0.4) is 0 Å². The molecule has 0 spiro atoms. The van der Waals surface area contributed by atoms with E-state index in [0.29, 0.717) is 18.0 Å². The molecule has 144 valence electrons. The SMILES string of the molecule is CN=C(NCc1ccc(C(=O)NCC(N)=O)cc1)NCC(C)c1cccs1. The normalized spacial score (nSPS) is 12.3. The molecule has 5 N–H and O–H groups in total. The summed E-state index contributed by atoms with van der Waals surface area (Å²) in [7, 11) is 1.73. The van der Waals surface area contributed by atoms with E-state index < -0.39 is 5.91 Å². The van der Waals surface area contributed by atoms with Gasteiger partial charge in [0.05, 0.1) is 6.54 Å². The number of carbonyl (C=O) groups excluding carboxylic acids is 2. The van der Waals surface area contributed by atoms with Gasteiger partial charge in [0.2, 0.25) is 5.91 Å². The summed E-state index contributed by atoms with van der Waals surface area (Å²) < 4.78 is 0. The van der Waals surface area contributed by atoms with Crippen molar-refractivity contribution in [2.75, 3.05) is 20.1 Å². The average Bonchev–Trinajstić information content (AvgIpc) is 3.21. The van der Waals surface area contributed by atoms with Crippen molar-refractivity contribution in [1.82, 2.24) is 16.0 Å². The Balaban J connectivity index is 1.80. The van der Waals surface area contributed by atoms with Crippen LogP contribution < -0.4 is 21.7 Å². The lowest BCUT2D eigenvalue weighted by Gasteiger charge is -2.15. The molecule has 0 aliphatic rings. The lowest BCUT2D eigenvalue weighted by atomic mass is 10.1. The zero-order valence-corrected chi connectivity index (χ0v) is 16.3. The summed E-state index contributed by atoms with van der Waals surface area (Å²) >= 11 is 1.75. The number of nitrogens with two attached hydrogens (primary N) is 1. The average molecular weight is 388 g/mol. The summed E-state index contributed by atoms with van der Waals surface area (Å²) in [5.74, 6) is 0.230. The molecule has 7 nitrogen and oxygen atoms in total. The molecule has 1 unspecified atom stereocenters. The molecule has 0 saturated heterocycles. The first-order valence-corrected chi connectivity index (χ1v) is 9.51. The summed E-state index contributed by atoms with van der Waals surface area (Å²) in [6, 6.07) is 11.3. The van der Waals surface area contributed by atoms with Crippen LogP contribution >= 0.6 is 11.3 Å². The molecule has 0 bridgehead atoms. The van der Waals surface area contributed by atoms with Crippen LogP contribution in [0.15, 0.2) is 46.8 Å². The van der Waals surface area contributed by atoms with Crippen LogP contribution in [0.25, 0.3) is 0 Å². The van der Waals surface area contributed by atoms with Gasteiger partial charge in [-0.1, -0.05) is 25.1 Å². The Morgan fingerprint density at radius 1 is 1.15 bits per heavy atom. The largest absolute Gasteiger partial charge is 0.368 e. The van der Waals surface area contributed by atoms with E-state index in [1.54, 1.807) is 30.5 Å². The lowest BCUT2D eigenvalue weighted by Crippen LogP contribution is -2.38. The number of nitrogens with zero attached hydrogens (tertiary/aromatic N) is 1. The Labute approximate surface area is 163 Å². The molecule has 0 aliphatic carbocycles. The van der Waals surface area contributed by atoms with Gasteiger partial charge in [-0.05, 0) is 29.1 Å². The van der Waals surface area contributed by atoms with Crippen molar-refractivity contribution in [2.45, 2.75) is 19.4 Å². The third-order valence-electron chi connectivity index (χ3n) is 3.93. The smallest absolute Gasteiger partial charge is 0.251 e. The van der Waals surface area contributed by atoms with E-state index in [2.05, 4.69) is 45.4 Å². The summed E-state index contributed by atoms with van der Waals surface area (Å²) in [4.78, 5) is 28.1. The Bertz CT molecular complexity index is 772. The second kappa shape index (κ2) is 10.3. The third-order valence-corrected chi connectivity index (χ3v) is 5.03. The summed E-state index contributed by atoms with van der Waals surface area (Å²) in [6.45, 7) is 3.37. The number of benzene rings is 1. The maximum atomic E-state index is 11.9. The van der Waals surface area contributed by atoms with Crippen LogP contribution in [0.1, 0.15) is 33.6 Å². The second-order valence-electron chi connectivity index (χ2n) is 6.07. The molecular weight excluding hydrogens is 362 g/mol. The van der Waals surface area contributed by atoms with E-state index in [0.717, 1.165) is 18.1 Å². The minimum Gasteiger partial charge on any atom is -0.368 e. The zero-order valence-electron chi connectivity index (χ0n) is 15.5. The minimum absolute atomic E-state index is 0.173. The minimum atomic E-state index is -0.573. The Hall–Kier alpha value is -2.87. The molecule has 1 atom stereocenters. The third kappa shape index (κ3) is 6.74. The van der Waals surface area contributed by atoms with E-state index in [4.69, 9.17) is 5.73 Å². The van der Waals surface area contributed by atoms with Gasteiger partial charge in [0.25, 0.3) is 5.91 Å². The van der Waals surface area contributed by atoms with Crippen LogP contribution in [0.5, 0.6) is 0 Å². The molecule has 0 saturated carbocycles. The number of hydrogen-bond donors (Lipinski definition) is 4. The van der Waals surface area contributed by atoms with Gasteiger partial charge in [-0.25, -0.2) is 0 Å². The van der Waals surface area contributed by atoms with Crippen molar-refractivity contribution in [3.05, 3.63) is 57.8 Å². The van der Waals surface area contributed by atoms with Crippen molar-refractivity contribution in [3.63, 3.8) is 0 Å². The molecular formula is C19H25N5O2S. The zero-order chi connectivity index (χ0) is 19.6. The molecule has 2 amide bonds.